The van der Waals surface area contributed by atoms with E-state index >= 15 is 0 Å². The molecule has 2 aromatic rings. The second-order valence-corrected chi connectivity index (χ2v) is 4.16. The molecule has 1 heterocycles. The van der Waals surface area contributed by atoms with Crippen LogP contribution in [0.3, 0.4) is 0 Å². The number of hydrogen-bond acceptors (Lipinski definition) is 3. The van der Waals surface area contributed by atoms with E-state index in [0.717, 1.165) is 12.1 Å². The van der Waals surface area contributed by atoms with Crippen molar-refractivity contribution in [3.05, 3.63) is 42.2 Å². The fraction of sp³-hybridized carbons (Fsp3) is 0.308. The predicted octanol–water partition coefficient (Wildman–Crippen LogP) is 2.62. The molecule has 0 radical (unpaired) electrons. The Morgan fingerprint density at radius 1 is 1.30 bits per heavy atom. The van der Waals surface area contributed by atoms with Crippen molar-refractivity contribution in [3.8, 4) is 11.4 Å². The monoisotopic (exact) mass is 285 g/mol. The van der Waals surface area contributed by atoms with Crippen molar-refractivity contribution < 1.29 is 17.9 Å². The first kappa shape index (κ1) is 14.4. The van der Waals surface area contributed by atoms with Gasteiger partial charge in [0.25, 0.3) is 0 Å². The Balaban J connectivity index is 2.16. The van der Waals surface area contributed by atoms with E-state index in [1.54, 1.807) is 6.07 Å². The van der Waals surface area contributed by atoms with Crippen LogP contribution in [0.25, 0.3) is 5.69 Å². The summed E-state index contributed by atoms with van der Waals surface area (Å²) < 4.78 is 44.6. The molecule has 0 amide bonds. The van der Waals surface area contributed by atoms with Crippen molar-refractivity contribution in [3.63, 3.8) is 0 Å². The maximum atomic E-state index is 12.6. The van der Waals surface area contributed by atoms with Crippen molar-refractivity contribution in [2.24, 2.45) is 5.73 Å². The average molecular weight is 285 g/mol. The summed E-state index contributed by atoms with van der Waals surface area (Å²) in [5.41, 5.74) is 4.95. The highest BCUT2D eigenvalue weighted by molar-refractivity contribution is 5.37. The first-order valence-electron chi connectivity index (χ1n) is 6.06. The summed E-state index contributed by atoms with van der Waals surface area (Å²) in [4.78, 5) is 0. The van der Waals surface area contributed by atoms with Gasteiger partial charge in [-0.05, 0) is 31.2 Å². The molecular weight excluding hydrogens is 271 g/mol. The van der Waals surface area contributed by atoms with Crippen LogP contribution in [0, 0.1) is 0 Å². The summed E-state index contributed by atoms with van der Waals surface area (Å²) >= 11 is 0. The summed E-state index contributed by atoms with van der Waals surface area (Å²) in [6, 6.07) is 4.95. The number of hydrogen-bond donors (Lipinski definition) is 1. The van der Waals surface area contributed by atoms with Crippen molar-refractivity contribution in [1.29, 1.82) is 0 Å². The number of halogens is 3. The van der Waals surface area contributed by atoms with Gasteiger partial charge in [-0.15, -0.1) is 0 Å². The molecule has 0 spiro atoms. The molecule has 0 aliphatic carbocycles. The number of nitrogens with zero attached hydrogens (tertiary/aromatic N) is 2. The summed E-state index contributed by atoms with van der Waals surface area (Å²) in [6.45, 7) is 0.965. The second kappa shape index (κ2) is 5.96. The number of nitrogens with two attached hydrogens (primary N) is 1. The van der Waals surface area contributed by atoms with E-state index in [1.165, 1.54) is 23.1 Å². The normalized spacial score (nSPS) is 11.6. The van der Waals surface area contributed by atoms with Gasteiger partial charge in [0.1, 0.15) is 0 Å². The van der Waals surface area contributed by atoms with E-state index < -0.39 is 11.7 Å². The minimum atomic E-state index is -4.37. The number of ether oxygens (including phenoxy) is 1. The number of aromatic nitrogens is 2. The summed E-state index contributed by atoms with van der Waals surface area (Å²) in [7, 11) is 0. The lowest BCUT2D eigenvalue weighted by Crippen LogP contribution is -2.06. The van der Waals surface area contributed by atoms with Gasteiger partial charge in [-0.2, -0.15) is 18.3 Å². The molecule has 1 aromatic heterocycles. The molecule has 2 rings (SSSR count). The molecule has 0 saturated heterocycles. The molecule has 7 heteroatoms. The molecule has 1 aromatic carbocycles. The van der Waals surface area contributed by atoms with E-state index in [-0.39, 0.29) is 0 Å². The SMILES string of the molecule is NCCCOc1cnn(-c2cccc(C(F)(F)F)c2)c1. The minimum absolute atomic E-state index is 0.327. The quantitative estimate of drug-likeness (QED) is 0.859. The molecule has 20 heavy (non-hydrogen) atoms. The van der Waals surface area contributed by atoms with E-state index in [1.807, 2.05) is 0 Å². The highest BCUT2D eigenvalue weighted by Crippen LogP contribution is 2.30. The minimum Gasteiger partial charge on any atom is -0.490 e. The van der Waals surface area contributed by atoms with Crippen molar-refractivity contribution in [1.82, 2.24) is 9.78 Å². The molecule has 0 unspecified atom stereocenters. The Morgan fingerprint density at radius 2 is 2.10 bits per heavy atom. The molecular formula is C13H14F3N3O. The summed E-state index contributed by atoms with van der Waals surface area (Å²) in [6.07, 6.45) is -0.679. The lowest BCUT2D eigenvalue weighted by atomic mass is 10.2. The molecule has 0 fully saturated rings. The maximum absolute atomic E-state index is 12.6. The Hall–Kier alpha value is -2.02. The maximum Gasteiger partial charge on any atom is 0.416 e. The fourth-order valence-electron chi connectivity index (χ4n) is 1.62. The molecule has 4 nitrogen and oxygen atoms in total. The van der Waals surface area contributed by atoms with Crippen LogP contribution < -0.4 is 10.5 Å². The highest BCUT2D eigenvalue weighted by atomic mass is 19.4. The first-order chi connectivity index (χ1) is 9.50. The van der Waals surface area contributed by atoms with Crippen LogP contribution in [-0.4, -0.2) is 22.9 Å². The average Bonchev–Trinajstić information content (AvgIpc) is 2.87. The number of benzene rings is 1. The van der Waals surface area contributed by atoms with Gasteiger partial charge in [-0.1, -0.05) is 6.07 Å². The standard InChI is InChI=1S/C13H14F3N3O/c14-13(15,16)10-3-1-4-11(7-10)19-9-12(8-18-19)20-6-2-5-17/h1,3-4,7-9H,2,5-6,17H2. The zero-order chi connectivity index (χ0) is 14.6. The van der Waals surface area contributed by atoms with Gasteiger partial charge in [-0.25, -0.2) is 4.68 Å². The Morgan fingerprint density at radius 3 is 2.80 bits per heavy atom. The van der Waals surface area contributed by atoms with Crippen LogP contribution in [0.5, 0.6) is 5.75 Å². The van der Waals surface area contributed by atoms with Gasteiger partial charge in [0, 0.05) is 0 Å². The number of rotatable bonds is 5. The predicted molar refractivity (Wildman–Crippen MR) is 67.7 cm³/mol. The van der Waals surface area contributed by atoms with Crippen LogP contribution in [-0.2, 0) is 6.18 Å². The van der Waals surface area contributed by atoms with Crippen LogP contribution >= 0.6 is 0 Å². The van der Waals surface area contributed by atoms with Gasteiger partial charge in [0.15, 0.2) is 5.75 Å². The lowest BCUT2D eigenvalue weighted by molar-refractivity contribution is -0.137. The highest BCUT2D eigenvalue weighted by Gasteiger charge is 2.30. The molecule has 2 N–H and O–H groups in total. The first-order valence-corrected chi connectivity index (χ1v) is 6.06. The fourth-order valence-corrected chi connectivity index (χ4v) is 1.62. The molecule has 0 saturated carbocycles. The van der Waals surface area contributed by atoms with Gasteiger partial charge in [-0.3, -0.25) is 0 Å². The smallest absolute Gasteiger partial charge is 0.416 e. The summed E-state index contributed by atoms with van der Waals surface area (Å²) in [5, 5.41) is 3.98. The zero-order valence-corrected chi connectivity index (χ0v) is 10.6. The van der Waals surface area contributed by atoms with Crippen LogP contribution in [0.1, 0.15) is 12.0 Å². The van der Waals surface area contributed by atoms with Crippen LogP contribution in [0.4, 0.5) is 13.2 Å². The number of alkyl halides is 3. The van der Waals surface area contributed by atoms with E-state index in [2.05, 4.69) is 5.10 Å². The van der Waals surface area contributed by atoms with Gasteiger partial charge < -0.3 is 10.5 Å². The topological polar surface area (TPSA) is 53.1 Å². The van der Waals surface area contributed by atoms with Crippen LogP contribution in [0.2, 0.25) is 0 Å². The van der Waals surface area contributed by atoms with E-state index in [9.17, 15) is 13.2 Å². The van der Waals surface area contributed by atoms with Gasteiger partial charge in [0.2, 0.25) is 0 Å². The molecule has 0 atom stereocenters. The zero-order valence-electron chi connectivity index (χ0n) is 10.6. The largest absolute Gasteiger partial charge is 0.490 e. The third kappa shape index (κ3) is 3.51. The molecule has 0 aliphatic heterocycles. The molecule has 0 bridgehead atoms. The van der Waals surface area contributed by atoms with Gasteiger partial charge >= 0.3 is 6.18 Å². The van der Waals surface area contributed by atoms with Crippen molar-refractivity contribution >= 4 is 0 Å². The Labute approximate surface area is 114 Å². The third-order valence-electron chi connectivity index (χ3n) is 2.61. The Kier molecular flexibility index (Phi) is 4.29. The molecule has 108 valence electrons. The van der Waals surface area contributed by atoms with Crippen molar-refractivity contribution in [2.45, 2.75) is 12.6 Å². The molecule has 0 aliphatic rings. The van der Waals surface area contributed by atoms with Crippen molar-refractivity contribution in [2.75, 3.05) is 13.2 Å². The Bertz CT molecular complexity index is 566. The summed E-state index contributed by atoms with van der Waals surface area (Å²) in [5.74, 6) is 0.496. The van der Waals surface area contributed by atoms with Gasteiger partial charge in [0.05, 0.1) is 30.3 Å². The van der Waals surface area contributed by atoms with Crippen LogP contribution in [0.15, 0.2) is 36.7 Å². The van der Waals surface area contributed by atoms with E-state index in [4.69, 9.17) is 10.5 Å². The third-order valence-corrected chi connectivity index (χ3v) is 2.61. The lowest BCUT2D eigenvalue weighted by Gasteiger charge is -2.08. The van der Waals surface area contributed by atoms with E-state index in [0.29, 0.717) is 31.0 Å². The second-order valence-electron chi connectivity index (χ2n) is 4.16.